The van der Waals surface area contributed by atoms with Gasteiger partial charge in [-0.15, -0.1) is 16.7 Å². The highest BCUT2D eigenvalue weighted by atomic mass is 35.5. The van der Waals surface area contributed by atoms with Gasteiger partial charge in [0.1, 0.15) is 0 Å². The average Bonchev–Trinajstić information content (AvgIpc) is 3.02. The molecule has 1 aromatic rings. The van der Waals surface area contributed by atoms with Gasteiger partial charge in [-0.1, -0.05) is 0 Å². The van der Waals surface area contributed by atoms with E-state index in [-0.39, 0.29) is 5.38 Å². The second-order valence-corrected chi connectivity index (χ2v) is 5.80. The van der Waals surface area contributed by atoms with Crippen molar-refractivity contribution in [2.24, 2.45) is 10.9 Å². The molecule has 7 heteroatoms. The summed E-state index contributed by atoms with van der Waals surface area (Å²) in [6, 6.07) is 0. The van der Waals surface area contributed by atoms with Crippen molar-refractivity contribution in [3.63, 3.8) is 0 Å². The fourth-order valence-electron chi connectivity index (χ4n) is 2.99. The van der Waals surface area contributed by atoms with E-state index in [2.05, 4.69) is 20.0 Å². The summed E-state index contributed by atoms with van der Waals surface area (Å²) in [6.07, 6.45) is 2.13. The minimum absolute atomic E-state index is 0.0855. The molecule has 0 radical (unpaired) electrons. The van der Waals surface area contributed by atoms with Crippen molar-refractivity contribution >= 4 is 29.2 Å². The summed E-state index contributed by atoms with van der Waals surface area (Å²) in [4.78, 5) is 11.3. The van der Waals surface area contributed by atoms with Crippen LogP contribution < -0.4 is 4.90 Å². The van der Waals surface area contributed by atoms with Crippen molar-refractivity contribution in [1.82, 2.24) is 14.8 Å². The molecule has 2 unspecified atom stereocenters. The van der Waals surface area contributed by atoms with Gasteiger partial charge in [-0.25, -0.2) is 9.67 Å². The Bertz CT molecular complexity index is 522. The van der Waals surface area contributed by atoms with Gasteiger partial charge < -0.3 is 9.64 Å². The monoisotopic (exact) mass is 281 g/mol. The van der Waals surface area contributed by atoms with Crippen LogP contribution in [0.25, 0.3) is 0 Å². The molecule has 102 valence electrons. The molecule has 3 heterocycles. The van der Waals surface area contributed by atoms with Crippen molar-refractivity contribution in [3.05, 3.63) is 0 Å². The first kappa shape index (κ1) is 11.7. The SMILES string of the molecule is ClC1CCC2Cn3nc(N4CCOCC4)nc3N=C12. The Kier molecular flexibility index (Phi) is 2.73. The topological polar surface area (TPSA) is 55.5 Å². The molecule has 2 fully saturated rings. The fourth-order valence-corrected chi connectivity index (χ4v) is 3.35. The minimum Gasteiger partial charge on any atom is -0.378 e. The third-order valence-corrected chi connectivity index (χ3v) is 4.51. The molecule has 3 aliphatic rings. The van der Waals surface area contributed by atoms with E-state index in [1.165, 1.54) is 0 Å². The number of fused-ring (bicyclic) bond motifs is 2. The van der Waals surface area contributed by atoms with Crippen molar-refractivity contribution in [1.29, 1.82) is 0 Å². The predicted octanol–water partition coefficient (Wildman–Crippen LogP) is 1.22. The molecule has 0 N–H and O–H groups in total. The number of hydrogen-bond acceptors (Lipinski definition) is 5. The molecule has 1 aliphatic carbocycles. The van der Waals surface area contributed by atoms with E-state index in [1.54, 1.807) is 0 Å². The number of aromatic nitrogens is 3. The highest BCUT2D eigenvalue weighted by Gasteiger charge is 2.35. The molecular formula is C12H16ClN5O. The summed E-state index contributed by atoms with van der Waals surface area (Å²) >= 11 is 6.29. The number of ether oxygens (including phenoxy) is 1. The van der Waals surface area contributed by atoms with Gasteiger partial charge in [0.05, 0.1) is 25.1 Å². The number of nitrogens with zero attached hydrogens (tertiary/aromatic N) is 5. The smallest absolute Gasteiger partial charge is 0.249 e. The van der Waals surface area contributed by atoms with E-state index in [1.807, 2.05) is 4.68 Å². The summed E-state index contributed by atoms with van der Waals surface area (Å²) in [5.74, 6) is 1.93. The molecule has 6 nitrogen and oxygen atoms in total. The second kappa shape index (κ2) is 4.45. The number of halogens is 1. The van der Waals surface area contributed by atoms with Gasteiger partial charge in [0.2, 0.25) is 11.9 Å². The molecule has 0 amide bonds. The maximum atomic E-state index is 6.29. The average molecular weight is 282 g/mol. The Balaban J connectivity index is 1.64. The highest BCUT2D eigenvalue weighted by molar-refractivity contribution is 6.33. The Hall–Kier alpha value is -1.14. The van der Waals surface area contributed by atoms with E-state index in [0.717, 1.165) is 57.3 Å². The standard InChI is InChI=1S/C12H16ClN5O/c13-9-2-1-8-7-18-11(14-10(8)9)15-12(16-18)17-3-5-19-6-4-17/h8-9H,1-7H2. The number of aliphatic imine (C=N–C) groups is 1. The predicted molar refractivity (Wildman–Crippen MR) is 72.5 cm³/mol. The zero-order valence-electron chi connectivity index (χ0n) is 10.6. The van der Waals surface area contributed by atoms with Crippen molar-refractivity contribution in [2.45, 2.75) is 24.8 Å². The summed E-state index contributed by atoms with van der Waals surface area (Å²) in [6.45, 7) is 4.05. The maximum absolute atomic E-state index is 6.29. The number of hydrogen-bond donors (Lipinski definition) is 0. The zero-order valence-corrected chi connectivity index (χ0v) is 11.4. The molecule has 1 saturated carbocycles. The van der Waals surface area contributed by atoms with Gasteiger partial charge in [0.15, 0.2) is 0 Å². The summed E-state index contributed by atoms with van der Waals surface area (Å²) in [5, 5.41) is 4.67. The molecule has 1 aromatic heterocycles. The lowest BCUT2D eigenvalue weighted by Gasteiger charge is -2.25. The van der Waals surface area contributed by atoms with Crippen LogP contribution in [0.2, 0.25) is 0 Å². The number of morpholine rings is 1. The third kappa shape index (κ3) is 1.94. The van der Waals surface area contributed by atoms with E-state index in [9.17, 15) is 0 Å². The molecule has 0 spiro atoms. The molecule has 2 aliphatic heterocycles. The van der Waals surface area contributed by atoms with Gasteiger partial charge in [-0.2, -0.15) is 4.98 Å². The lowest BCUT2D eigenvalue weighted by atomic mass is 10.1. The van der Waals surface area contributed by atoms with Gasteiger partial charge >= 0.3 is 0 Å². The summed E-state index contributed by atoms with van der Waals surface area (Å²) in [5.41, 5.74) is 1.11. The van der Waals surface area contributed by atoms with E-state index >= 15 is 0 Å². The number of anilines is 1. The zero-order chi connectivity index (χ0) is 12.8. The molecule has 0 bridgehead atoms. The molecule has 4 rings (SSSR count). The normalized spacial score (nSPS) is 29.9. The van der Waals surface area contributed by atoms with Gasteiger partial charge in [0, 0.05) is 24.7 Å². The Labute approximate surface area is 116 Å². The van der Waals surface area contributed by atoms with Gasteiger partial charge in [-0.3, -0.25) is 0 Å². The quantitative estimate of drug-likeness (QED) is 0.726. The van der Waals surface area contributed by atoms with Crippen LogP contribution in [0, 0.1) is 5.92 Å². The largest absolute Gasteiger partial charge is 0.378 e. The summed E-state index contributed by atoms with van der Waals surface area (Å²) < 4.78 is 7.27. The molecule has 0 aromatic carbocycles. The van der Waals surface area contributed by atoms with Crippen molar-refractivity contribution in [3.8, 4) is 0 Å². The fraction of sp³-hybridized carbons (Fsp3) is 0.750. The third-order valence-electron chi connectivity index (χ3n) is 4.07. The molecule has 1 saturated heterocycles. The molecule has 2 atom stereocenters. The summed E-state index contributed by atoms with van der Waals surface area (Å²) in [7, 11) is 0. The first-order valence-corrected chi connectivity index (χ1v) is 7.25. The first-order valence-electron chi connectivity index (χ1n) is 6.81. The van der Waals surface area contributed by atoms with Crippen LogP contribution in [0.1, 0.15) is 12.8 Å². The van der Waals surface area contributed by atoms with E-state index < -0.39 is 0 Å². The molecular weight excluding hydrogens is 266 g/mol. The maximum Gasteiger partial charge on any atom is 0.249 e. The Morgan fingerprint density at radius 1 is 1.21 bits per heavy atom. The Morgan fingerprint density at radius 2 is 2.05 bits per heavy atom. The first-order chi connectivity index (χ1) is 9.31. The minimum atomic E-state index is 0.0855. The van der Waals surface area contributed by atoms with Crippen LogP contribution in [0.5, 0.6) is 0 Å². The van der Waals surface area contributed by atoms with E-state index in [4.69, 9.17) is 16.3 Å². The van der Waals surface area contributed by atoms with Crippen LogP contribution in [0.4, 0.5) is 11.9 Å². The van der Waals surface area contributed by atoms with Crippen LogP contribution in [0.3, 0.4) is 0 Å². The van der Waals surface area contributed by atoms with Crippen LogP contribution in [0.15, 0.2) is 4.99 Å². The highest BCUT2D eigenvalue weighted by Crippen LogP contribution is 2.34. The lowest BCUT2D eigenvalue weighted by molar-refractivity contribution is 0.122. The Morgan fingerprint density at radius 3 is 2.89 bits per heavy atom. The van der Waals surface area contributed by atoms with Gasteiger partial charge in [0.25, 0.3) is 0 Å². The molecule has 19 heavy (non-hydrogen) atoms. The second-order valence-electron chi connectivity index (χ2n) is 5.27. The van der Waals surface area contributed by atoms with Crippen molar-refractivity contribution < 1.29 is 4.74 Å². The van der Waals surface area contributed by atoms with Crippen LogP contribution in [-0.4, -0.2) is 52.2 Å². The number of alkyl halides is 1. The van der Waals surface area contributed by atoms with E-state index in [0.29, 0.717) is 11.9 Å². The lowest BCUT2D eigenvalue weighted by Crippen LogP contribution is -2.37. The number of rotatable bonds is 1. The van der Waals surface area contributed by atoms with Gasteiger partial charge in [-0.05, 0) is 12.8 Å². The van der Waals surface area contributed by atoms with Crippen molar-refractivity contribution in [2.75, 3.05) is 31.2 Å². The van der Waals surface area contributed by atoms with Crippen LogP contribution in [-0.2, 0) is 11.3 Å². The van der Waals surface area contributed by atoms with Crippen LogP contribution >= 0.6 is 11.6 Å².